The third-order valence-corrected chi connectivity index (χ3v) is 3.79. The molecule has 0 heterocycles. The molecule has 0 bridgehead atoms. The Labute approximate surface area is 152 Å². The Bertz CT molecular complexity index is 761. The summed E-state index contributed by atoms with van der Waals surface area (Å²) in [5, 5.41) is 5.46. The van der Waals surface area contributed by atoms with Gasteiger partial charge >= 0.3 is 0 Å². The molecule has 2 aromatic carbocycles. The van der Waals surface area contributed by atoms with Crippen LogP contribution in [0.2, 0.25) is 0 Å². The molecule has 0 atom stereocenters. The first-order valence-corrected chi connectivity index (χ1v) is 8.35. The van der Waals surface area contributed by atoms with Crippen LogP contribution in [0, 0.1) is 12.7 Å². The topological polar surface area (TPSA) is 50.4 Å². The Kier molecular flexibility index (Phi) is 6.47. The van der Waals surface area contributed by atoms with Crippen LogP contribution in [0.5, 0.6) is 5.75 Å². The van der Waals surface area contributed by atoms with E-state index in [0.717, 1.165) is 5.56 Å². The molecule has 2 N–H and O–H groups in total. The molecule has 0 saturated heterocycles. The van der Waals surface area contributed by atoms with Crippen LogP contribution in [-0.4, -0.2) is 17.6 Å². The van der Waals surface area contributed by atoms with Gasteiger partial charge in [-0.2, -0.15) is 0 Å². The molecule has 25 heavy (non-hydrogen) atoms. The van der Waals surface area contributed by atoms with E-state index in [9.17, 15) is 9.18 Å². The Hall–Kier alpha value is -2.47. The van der Waals surface area contributed by atoms with E-state index in [1.54, 1.807) is 0 Å². The number of thiocarbonyl (C=S) groups is 1. The number of aryl methyl sites for hydroxylation is 1. The molecule has 0 aromatic heterocycles. The molecule has 0 radical (unpaired) electrons. The summed E-state index contributed by atoms with van der Waals surface area (Å²) in [5.41, 5.74) is 2.97. The summed E-state index contributed by atoms with van der Waals surface area (Å²) in [4.78, 5) is 11.9. The van der Waals surface area contributed by atoms with E-state index in [2.05, 4.69) is 24.5 Å². The van der Waals surface area contributed by atoms with E-state index in [-0.39, 0.29) is 23.4 Å². The maximum Gasteiger partial charge on any atom is 0.264 e. The molecular weight excluding hydrogens is 339 g/mol. The lowest BCUT2D eigenvalue weighted by molar-refractivity contribution is -0.121. The molecule has 2 aromatic rings. The fourth-order valence-electron chi connectivity index (χ4n) is 2.39. The van der Waals surface area contributed by atoms with E-state index < -0.39 is 0 Å². The van der Waals surface area contributed by atoms with E-state index in [1.165, 1.54) is 29.8 Å². The normalized spacial score (nSPS) is 10.4. The van der Waals surface area contributed by atoms with Crippen molar-refractivity contribution in [2.75, 3.05) is 11.9 Å². The zero-order valence-corrected chi connectivity index (χ0v) is 15.2. The van der Waals surface area contributed by atoms with Crippen LogP contribution in [-0.2, 0) is 4.79 Å². The number of rotatable bonds is 5. The lowest BCUT2D eigenvalue weighted by Crippen LogP contribution is -2.37. The van der Waals surface area contributed by atoms with Crippen LogP contribution in [0.15, 0.2) is 42.5 Å². The molecule has 0 unspecified atom stereocenters. The maximum absolute atomic E-state index is 12.8. The van der Waals surface area contributed by atoms with Crippen LogP contribution in [0.1, 0.15) is 30.9 Å². The van der Waals surface area contributed by atoms with Crippen molar-refractivity contribution in [1.82, 2.24) is 5.32 Å². The summed E-state index contributed by atoms with van der Waals surface area (Å²) in [6.45, 7) is 6.13. The predicted molar refractivity (Wildman–Crippen MR) is 102 cm³/mol. The smallest absolute Gasteiger partial charge is 0.264 e. The van der Waals surface area contributed by atoms with E-state index in [0.29, 0.717) is 17.4 Å². The number of benzene rings is 2. The number of amides is 1. The first kappa shape index (κ1) is 18.9. The number of halogens is 1. The summed E-state index contributed by atoms with van der Waals surface area (Å²) in [7, 11) is 0. The quantitative estimate of drug-likeness (QED) is 0.787. The predicted octanol–water partition coefficient (Wildman–Crippen LogP) is 4.15. The van der Waals surface area contributed by atoms with Gasteiger partial charge in [-0.15, -0.1) is 0 Å². The van der Waals surface area contributed by atoms with Gasteiger partial charge in [0.25, 0.3) is 5.91 Å². The second-order valence-electron chi connectivity index (χ2n) is 5.97. The molecule has 6 heteroatoms. The molecule has 0 spiro atoms. The Morgan fingerprint density at radius 2 is 1.88 bits per heavy atom. The van der Waals surface area contributed by atoms with E-state index in [4.69, 9.17) is 17.0 Å². The Morgan fingerprint density at radius 1 is 1.20 bits per heavy atom. The van der Waals surface area contributed by atoms with Gasteiger partial charge in [0.2, 0.25) is 0 Å². The third kappa shape index (κ3) is 5.83. The molecule has 0 aliphatic heterocycles. The number of carbonyl (C=O) groups is 1. The molecular formula is C19H21FN2O2S. The van der Waals surface area contributed by atoms with Crippen molar-refractivity contribution in [1.29, 1.82) is 0 Å². The largest absolute Gasteiger partial charge is 0.484 e. The van der Waals surface area contributed by atoms with Crippen LogP contribution in [0.3, 0.4) is 0 Å². The highest BCUT2D eigenvalue weighted by molar-refractivity contribution is 7.80. The van der Waals surface area contributed by atoms with Crippen LogP contribution >= 0.6 is 12.2 Å². The number of ether oxygens (including phenoxy) is 1. The molecule has 0 fully saturated rings. The number of hydrogen-bond donors (Lipinski definition) is 2. The van der Waals surface area contributed by atoms with E-state index >= 15 is 0 Å². The first-order chi connectivity index (χ1) is 11.8. The number of hydrogen-bond acceptors (Lipinski definition) is 3. The van der Waals surface area contributed by atoms with Gasteiger partial charge in [-0.3, -0.25) is 10.1 Å². The van der Waals surface area contributed by atoms with Crippen molar-refractivity contribution in [3.8, 4) is 5.75 Å². The van der Waals surface area contributed by atoms with Crippen molar-refractivity contribution in [2.45, 2.75) is 26.7 Å². The SMILES string of the molecule is Cc1cc(OCC(=O)NC(=S)Nc2ccc(F)cc2)ccc1C(C)C. The average molecular weight is 360 g/mol. The summed E-state index contributed by atoms with van der Waals surface area (Å²) < 4.78 is 18.3. The van der Waals surface area contributed by atoms with Crippen molar-refractivity contribution < 1.29 is 13.9 Å². The van der Waals surface area contributed by atoms with Crippen molar-refractivity contribution in [3.05, 3.63) is 59.4 Å². The summed E-state index contributed by atoms with van der Waals surface area (Å²) >= 11 is 5.05. The minimum atomic E-state index is -0.370. The Balaban J connectivity index is 1.83. The second-order valence-corrected chi connectivity index (χ2v) is 6.38. The van der Waals surface area contributed by atoms with Gasteiger partial charge < -0.3 is 10.1 Å². The van der Waals surface area contributed by atoms with Gasteiger partial charge in [0.15, 0.2) is 11.7 Å². The highest BCUT2D eigenvalue weighted by Gasteiger charge is 2.08. The molecule has 0 aliphatic rings. The van der Waals surface area contributed by atoms with Crippen LogP contribution in [0.4, 0.5) is 10.1 Å². The number of anilines is 1. The lowest BCUT2D eigenvalue weighted by atomic mass is 9.98. The molecule has 1 amide bonds. The summed E-state index contributed by atoms with van der Waals surface area (Å²) in [6, 6.07) is 11.4. The van der Waals surface area contributed by atoms with Gasteiger partial charge in [0.05, 0.1) is 0 Å². The Morgan fingerprint density at radius 3 is 2.48 bits per heavy atom. The zero-order chi connectivity index (χ0) is 18.4. The lowest BCUT2D eigenvalue weighted by Gasteiger charge is -2.13. The van der Waals surface area contributed by atoms with Gasteiger partial charge in [0.1, 0.15) is 11.6 Å². The van der Waals surface area contributed by atoms with Crippen LogP contribution < -0.4 is 15.4 Å². The van der Waals surface area contributed by atoms with Gasteiger partial charge in [-0.1, -0.05) is 19.9 Å². The van der Waals surface area contributed by atoms with Crippen molar-refractivity contribution >= 4 is 28.9 Å². The molecule has 0 saturated carbocycles. The molecule has 0 aliphatic carbocycles. The van der Waals surface area contributed by atoms with E-state index in [1.807, 2.05) is 25.1 Å². The summed E-state index contributed by atoms with van der Waals surface area (Å²) in [6.07, 6.45) is 0. The third-order valence-electron chi connectivity index (χ3n) is 3.59. The fraction of sp³-hybridized carbons (Fsp3) is 0.263. The fourth-order valence-corrected chi connectivity index (χ4v) is 2.62. The van der Waals surface area contributed by atoms with Gasteiger partial charge in [-0.25, -0.2) is 4.39 Å². The standard InChI is InChI=1S/C19H21FN2O2S/c1-12(2)17-9-8-16(10-13(17)3)24-11-18(23)22-19(25)21-15-6-4-14(20)5-7-15/h4-10,12H,11H2,1-3H3,(H2,21,22,23,25). The van der Waals surface area contributed by atoms with Crippen molar-refractivity contribution in [2.24, 2.45) is 0 Å². The minimum Gasteiger partial charge on any atom is -0.484 e. The zero-order valence-electron chi connectivity index (χ0n) is 14.4. The maximum atomic E-state index is 12.8. The highest BCUT2D eigenvalue weighted by atomic mass is 32.1. The average Bonchev–Trinajstić information content (AvgIpc) is 2.54. The number of nitrogens with one attached hydrogen (secondary N) is 2. The monoisotopic (exact) mass is 360 g/mol. The van der Waals surface area contributed by atoms with Crippen LogP contribution in [0.25, 0.3) is 0 Å². The van der Waals surface area contributed by atoms with Crippen molar-refractivity contribution in [3.63, 3.8) is 0 Å². The molecule has 132 valence electrons. The number of carbonyl (C=O) groups excluding carboxylic acids is 1. The first-order valence-electron chi connectivity index (χ1n) is 7.95. The van der Waals surface area contributed by atoms with Gasteiger partial charge in [0, 0.05) is 5.69 Å². The molecule has 4 nitrogen and oxygen atoms in total. The second kappa shape index (κ2) is 8.58. The summed E-state index contributed by atoms with van der Waals surface area (Å²) in [5.74, 6) is 0.361. The minimum absolute atomic E-state index is 0.131. The highest BCUT2D eigenvalue weighted by Crippen LogP contribution is 2.23. The molecule has 2 rings (SSSR count). The van der Waals surface area contributed by atoms with Gasteiger partial charge in [-0.05, 0) is 72.6 Å².